The van der Waals surface area contributed by atoms with Crippen LogP contribution in [-0.4, -0.2) is 37.2 Å². The van der Waals surface area contributed by atoms with Crippen LogP contribution in [0, 0.1) is 0 Å². The number of rotatable bonds is 5. The van der Waals surface area contributed by atoms with Gasteiger partial charge in [-0.1, -0.05) is 58.0 Å². The lowest BCUT2D eigenvalue weighted by Gasteiger charge is -2.45. The topological polar surface area (TPSA) is 0 Å². The van der Waals surface area contributed by atoms with Crippen LogP contribution in [0.5, 0.6) is 0 Å². The van der Waals surface area contributed by atoms with Crippen molar-refractivity contribution in [2.45, 2.75) is 44.1 Å². The molecule has 0 saturated carbocycles. The summed E-state index contributed by atoms with van der Waals surface area (Å²) < 4.78 is 95.7. The summed E-state index contributed by atoms with van der Waals surface area (Å²) in [5.74, 6) is -13.6. The van der Waals surface area contributed by atoms with E-state index in [2.05, 4.69) is 11.6 Å². The molecule has 22 heavy (non-hydrogen) atoms. The van der Waals surface area contributed by atoms with Crippen molar-refractivity contribution in [3.63, 3.8) is 0 Å². The normalized spacial score (nSPS) is 19.8. The molecule has 0 amide bonds. The van der Waals surface area contributed by atoms with E-state index >= 15 is 0 Å². The molecule has 2 unspecified atom stereocenters. The molecule has 0 fully saturated rings. The Balaban J connectivity index is 6.24. The van der Waals surface area contributed by atoms with E-state index in [1.54, 1.807) is 0 Å². The molecule has 0 saturated heterocycles. The van der Waals surface area contributed by atoms with E-state index in [1.165, 1.54) is 0 Å². The highest BCUT2D eigenvalue weighted by molar-refractivity contribution is 6.66. The maximum atomic E-state index is 14.1. The Labute approximate surface area is 148 Å². The van der Waals surface area contributed by atoms with Gasteiger partial charge in [-0.2, -0.15) is 30.7 Å². The number of hydrogen-bond acceptors (Lipinski definition) is 0. The molecule has 0 aliphatic rings. The van der Waals surface area contributed by atoms with Crippen LogP contribution < -0.4 is 0 Å². The summed E-state index contributed by atoms with van der Waals surface area (Å²) in [6.07, 6.45) is -6.87. The van der Waals surface area contributed by atoms with Crippen molar-refractivity contribution in [2.24, 2.45) is 0 Å². The van der Waals surface area contributed by atoms with Crippen molar-refractivity contribution < 1.29 is 35.1 Å². The molecule has 14 heteroatoms. The lowest BCUT2D eigenvalue weighted by atomic mass is 9.99. The van der Waals surface area contributed by atoms with Gasteiger partial charge in [-0.3, -0.25) is 0 Å². The fourth-order valence-corrected chi connectivity index (χ4v) is 2.50. The zero-order valence-electron chi connectivity index (χ0n) is 9.87. The van der Waals surface area contributed by atoms with Gasteiger partial charge in [0.15, 0.2) is 4.33 Å². The van der Waals surface area contributed by atoms with Crippen LogP contribution in [0.25, 0.3) is 0 Å². The quantitative estimate of drug-likeness (QED) is 0.314. The van der Waals surface area contributed by atoms with E-state index in [1.807, 2.05) is 0 Å². The minimum absolute atomic E-state index is 0.827. The summed E-state index contributed by atoms with van der Waals surface area (Å²) in [4.78, 5) is 0. The molecule has 0 bridgehead atoms. The van der Waals surface area contributed by atoms with Crippen molar-refractivity contribution in [1.82, 2.24) is 0 Å². The van der Waals surface area contributed by atoms with E-state index in [9.17, 15) is 35.1 Å². The molecule has 0 N–H and O–H groups in total. The van der Waals surface area contributed by atoms with Gasteiger partial charge in [0.2, 0.25) is 4.33 Å². The molecule has 134 valence electrons. The van der Waals surface area contributed by atoms with Crippen LogP contribution in [0.1, 0.15) is 6.92 Å². The molecule has 0 nitrogen and oxygen atoms in total. The van der Waals surface area contributed by atoms with Gasteiger partial charge >= 0.3 is 18.0 Å². The maximum Gasteiger partial charge on any atom is 0.460 e. The summed E-state index contributed by atoms with van der Waals surface area (Å²) in [6, 6.07) is 0. The van der Waals surface area contributed by atoms with Crippen molar-refractivity contribution in [2.75, 3.05) is 0 Å². The molecule has 0 aromatic carbocycles. The highest BCUT2D eigenvalue weighted by Gasteiger charge is 2.86. The Bertz CT molecular complexity index is 415. The monoisotopic (exact) mass is 462 g/mol. The lowest BCUT2D eigenvalue weighted by Crippen LogP contribution is -2.69. The maximum absolute atomic E-state index is 14.1. The van der Waals surface area contributed by atoms with Crippen molar-refractivity contribution >= 4 is 69.6 Å². The second-order valence-corrected chi connectivity index (χ2v) is 7.92. The first-order valence-corrected chi connectivity index (χ1v) is 7.12. The summed E-state index contributed by atoms with van der Waals surface area (Å²) in [6.45, 7) is 0.827. The first-order valence-electron chi connectivity index (χ1n) is 4.79. The molecule has 0 radical (unpaired) electrons. The van der Waals surface area contributed by atoms with E-state index in [0.29, 0.717) is 0 Å². The van der Waals surface area contributed by atoms with Crippen LogP contribution in [0.15, 0.2) is 0 Å². The first-order chi connectivity index (χ1) is 9.19. The molecule has 0 heterocycles. The molecular formula is C8H4Cl6F8. The largest absolute Gasteiger partial charge is 0.460 e. The summed E-state index contributed by atoms with van der Waals surface area (Å²) in [5.41, 5.74) is 0. The highest BCUT2D eigenvalue weighted by Crippen LogP contribution is 2.64. The first kappa shape index (κ1) is 23.2. The van der Waals surface area contributed by atoms with Gasteiger partial charge < -0.3 is 0 Å². The van der Waals surface area contributed by atoms with E-state index in [-0.39, 0.29) is 0 Å². The Hall–Kier alpha value is 1.18. The third-order valence-electron chi connectivity index (χ3n) is 2.46. The van der Waals surface area contributed by atoms with Crippen LogP contribution in [0.4, 0.5) is 35.1 Å². The van der Waals surface area contributed by atoms with Crippen molar-refractivity contribution in [1.29, 1.82) is 0 Å². The summed E-state index contributed by atoms with van der Waals surface area (Å²) in [5, 5.41) is -7.23. The number of alkyl halides is 14. The highest BCUT2D eigenvalue weighted by atomic mass is 35.5. The second-order valence-electron chi connectivity index (χ2n) is 4.03. The Morgan fingerprint density at radius 3 is 1.23 bits per heavy atom. The van der Waals surface area contributed by atoms with Crippen LogP contribution in [-0.2, 0) is 0 Å². The molecule has 0 aromatic rings. The van der Waals surface area contributed by atoms with Crippen molar-refractivity contribution in [3.05, 3.63) is 0 Å². The molecule has 0 rings (SSSR count). The molecule has 0 aromatic heterocycles. The van der Waals surface area contributed by atoms with Crippen LogP contribution in [0.2, 0.25) is 0 Å². The number of halogens is 14. The Kier molecular flexibility index (Phi) is 6.49. The lowest BCUT2D eigenvalue weighted by molar-refractivity contribution is -0.371. The molecule has 0 spiro atoms. The van der Waals surface area contributed by atoms with Gasteiger partial charge in [0.25, 0.3) is 5.13 Å². The minimum Gasteiger partial charge on any atom is -0.216 e. The smallest absolute Gasteiger partial charge is 0.216 e. The summed E-state index contributed by atoms with van der Waals surface area (Å²) in [7, 11) is 0. The third kappa shape index (κ3) is 3.17. The van der Waals surface area contributed by atoms with Crippen LogP contribution >= 0.6 is 69.6 Å². The van der Waals surface area contributed by atoms with Gasteiger partial charge in [-0.25, -0.2) is 4.39 Å². The van der Waals surface area contributed by atoms with Gasteiger partial charge in [0, 0.05) is 0 Å². The average molecular weight is 465 g/mol. The predicted molar refractivity (Wildman–Crippen MR) is 69.8 cm³/mol. The van der Waals surface area contributed by atoms with E-state index in [0.717, 1.165) is 6.92 Å². The van der Waals surface area contributed by atoms with E-state index < -0.39 is 37.2 Å². The average Bonchev–Trinajstić information content (AvgIpc) is 2.25. The standard InChI is InChI=1S/C8H4Cl6F8/c1-2(9)3(10,11)4(12,13)5(14,15)6(16,17)7(18,19)8(20,21)22/h2H,1H3. The third-order valence-corrected chi connectivity index (χ3v) is 6.45. The SMILES string of the molecule is CC(Cl)C(Cl)(Cl)C(Cl)(Cl)C(F)(Cl)C(F)(F)C(F)(F)C(F)(F)F. The Morgan fingerprint density at radius 1 is 0.682 bits per heavy atom. The molecule has 0 aliphatic heterocycles. The fourth-order valence-electron chi connectivity index (χ4n) is 1.03. The minimum atomic E-state index is -6.94. The van der Waals surface area contributed by atoms with Gasteiger partial charge in [-0.15, -0.1) is 11.6 Å². The zero-order valence-corrected chi connectivity index (χ0v) is 14.4. The van der Waals surface area contributed by atoms with Crippen molar-refractivity contribution in [3.8, 4) is 0 Å². The second kappa shape index (κ2) is 6.16. The molecular weight excluding hydrogens is 461 g/mol. The van der Waals surface area contributed by atoms with E-state index in [4.69, 9.17) is 58.0 Å². The molecule has 2 atom stereocenters. The van der Waals surface area contributed by atoms with Crippen LogP contribution in [0.3, 0.4) is 0 Å². The molecule has 0 aliphatic carbocycles. The zero-order chi connectivity index (χ0) is 18.6. The number of hydrogen-bond donors (Lipinski definition) is 0. The predicted octanol–water partition coefficient (Wildman–Crippen LogP) is 6.70. The summed E-state index contributed by atoms with van der Waals surface area (Å²) >= 11 is 30.6. The van der Waals surface area contributed by atoms with Gasteiger partial charge in [0.05, 0.1) is 5.38 Å². The fraction of sp³-hybridized carbons (Fsp3) is 1.00. The van der Waals surface area contributed by atoms with Gasteiger partial charge in [-0.05, 0) is 6.92 Å². The Morgan fingerprint density at radius 2 is 1.00 bits per heavy atom. The van der Waals surface area contributed by atoms with Gasteiger partial charge in [0.1, 0.15) is 0 Å².